The topological polar surface area (TPSA) is 91.3 Å². The van der Waals surface area contributed by atoms with E-state index in [9.17, 15) is 4.79 Å². The average molecular weight is 230 g/mol. The van der Waals surface area contributed by atoms with E-state index in [1.165, 1.54) is 16.8 Å². The Bertz CT molecular complexity index is 637. The minimum atomic E-state index is -1.09. The molecule has 1 N–H and O–H groups in total. The highest BCUT2D eigenvalue weighted by atomic mass is 16.4. The Morgan fingerprint density at radius 3 is 2.82 bits per heavy atom. The Morgan fingerprint density at radius 1 is 1.59 bits per heavy atom. The van der Waals surface area contributed by atoms with E-state index in [0.717, 1.165) is 0 Å². The lowest BCUT2D eigenvalue weighted by Crippen LogP contribution is -2.10. The fraction of sp³-hybridized carbons (Fsp3) is 0.273. The maximum Gasteiger partial charge on any atom is 0.354 e. The van der Waals surface area contributed by atoms with Crippen molar-refractivity contribution in [3.05, 3.63) is 29.2 Å². The van der Waals surface area contributed by atoms with Gasteiger partial charge in [-0.2, -0.15) is 10.4 Å². The Balaban J connectivity index is 2.84. The quantitative estimate of drug-likeness (QED) is 0.842. The van der Waals surface area contributed by atoms with Gasteiger partial charge in [0.05, 0.1) is 6.20 Å². The maximum absolute atomic E-state index is 11.1. The molecule has 86 valence electrons. The van der Waals surface area contributed by atoms with Gasteiger partial charge < -0.3 is 5.11 Å². The molecule has 0 spiro atoms. The van der Waals surface area contributed by atoms with Crippen molar-refractivity contribution in [1.82, 2.24) is 14.6 Å². The number of aromatic carboxylic acids is 1. The number of hydrogen-bond donors (Lipinski definition) is 1. The molecule has 2 aromatic heterocycles. The summed E-state index contributed by atoms with van der Waals surface area (Å²) in [4.78, 5) is 15.4. The second kappa shape index (κ2) is 3.87. The molecule has 0 fully saturated rings. The molecular weight excluding hydrogens is 220 g/mol. The van der Waals surface area contributed by atoms with Crippen LogP contribution >= 0.6 is 0 Å². The largest absolute Gasteiger partial charge is 0.477 e. The first-order valence-corrected chi connectivity index (χ1v) is 5.06. The number of rotatable bonds is 2. The summed E-state index contributed by atoms with van der Waals surface area (Å²) in [5.41, 5.74) is 1.21. The van der Waals surface area contributed by atoms with Gasteiger partial charge in [0.2, 0.25) is 0 Å². The van der Waals surface area contributed by atoms with Crippen molar-refractivity contribution < 1.29 is 9.90 Å². The van der Waals surface area contributed by atoms with E-state index in [0.29, 0.717) is 5.69 Å². The van der Waals surface area contributed by atoms with Gasteiger partial charge in [0, 0.05) is 5.69 Å². The third-order valence-corrected chi connectivity index (χ3v) is 2.42. The van der Waals surface area contributed by atoms with Crippen molar-refractivity contribution in [3.63, 3.8) is 0 Å². The van der Waals surface area contributed by atoms with Gasteiger partial charge in [-0.1, -0.05) is 13.8 Å². The fourth-order valence-electron chi connectivity index (χ4n) is 1.51. The molecule has 0 atom stereocenters. The smallest absolute Gasteiger partial charge is 0.354 e. The Labute approximate surface area is 97.1 Å². The molecule has 0 aliphatic carbocycles. The van der Waals surface area contributed by atoms with Crippen molar-refractivity contribution in [2.24, 2.45) is 0 Å². The van der Waals surface area contributed by atoms with Crippen molar-refractivity contribution in [1.29, 1.82) is 5.26 Å². The molecule has 17 heavy (non-hydrogen) atoms. The monoisotopic (exact) mass is 230 g/mol. The van der Waals surface area contributed by atoms with Crippen molar-refractivity contribution in [2.45, 2.75) is 19.8 Å². The molecule has 0 amide bonds. The number of nitrogens with zero attached hydrogens (tertiary/aromatic N) is 4. The molecule has 0 aliphatic heterocycles. The molecule has 2 heterocycles. The number of aromatic nitrogens is 3. The number of carboxylic acids is 1. The van der Waals surface area contributed by atoms with Crippen LogP contribution in [0, 0.1) is 11.3 Å². The number of fused-ring (bicyclic) bond motifs is 1. The lowest BCUT2D eigenvalue weighted by molar-refractivity contribution is 0.0687. The number of carbonyl (C=O) groups is 1. The number of hydrogen-bond acceptors (Lipinski definition) is 4. The summed E-state index contributed by atoms with van der Waals surface area (Å²) in [7, 11) is 0. The van der Waals surface area contributed by atoms with Crippen LogP contribution in [0.4, 0.5) is 0 Å². The predicted molar refractivity (Wildman–Crippen MR) is 58.8 cm³/mol. The minimum absolute atomic E-state index is 0.0141. The first-order chi connectivity index (χ1) is 8.04. The van der Waals surface area contributed by atoms with E-state index in [-0.39, 0.29) is 22.8 Å². The van der Waals surface area contributed by atoms with Crippen molar-refractivity contribution >= 4 is 11.6 Å². The van der Waals surface area contributed by atoms with Crippen LogP contribution in [-0.2, 0) is 0 Å². The van der Waals surface area contributed by atoms with Gasteiger partial charge in [0.25, 0.3) is 0 Å². The summed E-state index contributed by atoms with van der Waals surface area (Å²) in [5, 5.41) is 21.9. The van der Waals surface area contributed by atoms with E-state index in [4.69, 9.17) is 10.4 Å². The van der Waals surface area contributed by atoms with Crippen LogP contribution in [-0.4, -0.2) is 25.7 Å². The van der Waals surface area contributed by atoms with Crippen LogP contribution in [0.25, 0.3) is 5.65 Å². The lowest BCUT2D eigenvalue weighted by Gasteiger charge is -2.07. The highest BCUT2D eigenvalue weighted by Crippen LogP contribution is 2.17. The first-order valence-electron chi connectivity index (χ1n) is 5.06. The van der Waals surface area contributed by atoms with Gasteiger partial charge in [0.1, 0.15) is 11.6 Å². The zero-order valence-electron chi connectivity index (χ0n) is 9.38. The van der Waals surface area contributed by atoms with Gasteiger partial charge in [0.15, 0.2) is 11.3 Å². The summed E-state index contributed by atoms with van der Waals surface area (Å²) < 4.78 is 1.17. The molecule has 0 saturated heterocycles. The molecule has 2 aromatic rings. The predicted octanol–water partition coefficient (Wildman–Crippen LogP) is 1.42. The highest BCUT2D eigenvalue weighted by Gasteiger charge is 2.16. The summed E-state index contributed by atoms with van der Waals surface area (Å²) in [6, 6.07) is 3.42. The lowest BCUT2D eigenvalue weighted by atomic mass is 10.1. The van der Waals surface area contributed by atoms with Crippen LogP contribution in [0.15, 0.2) is 12.3 Å². The highest BCUT2D eigenvalue weighted by molar-refractivity contribution is 5.86. The molecule has 0 radical (unpaired) electrons. The van der Waals surface area contributed by atoms with E-state index >= 15 is 0 Å². The zero-order valence-corrected chi connectivity index (χ0v) is 9.38. The molecule has 0 aromatic carbocycles. The van der Waals surface area contributed by atoms with Crippen molar-refractivity contribution in [3.8, 4) is 6.07 Å². The molecule has 2 rings (SSSR count). The van der Waals surface area contributed by atoms with Crippen molar-refractivity contribution in [2.75, 3.05) is 0 Å². The first kappa shape index (κ1) is 11.1. The second-order valence-corrected chi connectivity index (χ2v) is 3.93. The zero-order chi connectivity index (χ0) is 12.6. The molecule has 6 heteroatoms. The molecule has 0 unspecified atom stereocenters. The molecule has 0 bridgehead atoms. The standard InChI is InChI=1S/C11H10N4O2/c1-6(2)8-3-9(11(16)17)15-10(14-8)7(4-12)5-13-15/h3,5-6H,1-2H3,(H,16,17). The third-order valence-electron chi connectivity index (χ3n) is 2.42. The Morgan fingerprint density at radius 2 is 2.29 bits per heavy atom. The summed E-state index contributed by atoms with van der Waals surface area (Å²) in [6.45, 7) is 3.82. The second-order valence-electron chi connectivity index (χ2n) is 3.93. The Kier molecular flexibility index (Phi) is 2.52. The molecule has 6 nitrogen and oxygen atoms in total. The normalized spacial score (nSPS) is 10.7. The van der Waals surface area contributed by atoms with E-state index in [1.807, 2.05) is 19.9 Å². The summed E-state index contributed by atoms with van der Waals surface area (Å²) in [5.74, 6) is -1.01. The summed E-state index contributed by atoms with van der Waals surface area (Å²) in [6.07, 6.45) is 1.32. The van der Waals surface area contributed by atoms with Gasteiger partial charge in [-0.3, -0.25) is 0 Å². The van der Waals surface area contributed by atoms with Crippen LogP contribution in [0.5, 0.6) is 0 Å². The fourth-order valence-corrected chi connectivity index (χ4v) is 1.51. The van der Waals surface area contributed by atoms with E-state index in [2.05, 4.69) is 10.1 Å². The Hall–Kier alpha value is -2.42. The van der Waals surface area contributed by atoms with Gasteiger partial charge in [-0.15, -0.1) is 0 Å². The molecular formula is C11H10N4O2. The van der Waals surface area contributed by atoms with Crippen LogP contribution in [0.1, 0.15) is 41.5 Å². The van der Waals surface area contributed by atoms with Gasteiger partial charge >= 0.3 is 5.97 Å². The van der Waals surface area contributed by atoms with Crippen LogP contribution < -0.4 is 0 Å². The minimum Gasteiger partial charge on any atom is -0.477 e. The maximum atomic E-state index is 11.1. The van der Waals surface area contributed by atoms with Gasteiger partial charge in [-0.25, -0.2) is 14.3 Å². The van der Waals surface area contributed by atoms with Crippen LogP contribution in [0.2, 0.25) is 0 Å². The van der Waals surface area contributed by atoms with Gasteiger partial charge in [-0.05, 0) is 12.0 Å². The van der Waals surface area contributed by atoms with E-state index < -0.39 is 5.97 Å². The summed E-state index contributed by atoms with van der Waals surface area (Å²) >= 11 is 0. The van der Waals surface area contributed by atoms with E-state index in [1.54, 1.807) is 0 Å². The number of carboxylic acid groups (broad SMARTS) is 1. The van der Waals surface area contributed by atoms with Crippen LogP contribution in [0.3, 0.4) is 0 Å². The molecule has 0 aliphatic rings. The SMILES string of the molecule is CC(C)c1cc(C(=O)O)n2ncc(C#N)c2n1. The molecule has 0 saturated carbocycles. The average Bonchev–Trinajstić information content (AvgIpc) is 2.69. The third kappa shape index (κ3) is 1.72. The number of nitriles is 1.